The lowest BCUT2D eigenvalue weighted by Gasteiger charge is -2.14. The molecule has 2 aromatic rings. The van der Waals surface area contributed by atoms with E-state index in [9.17, 15) is 9.59 Å². The van der Waals surface area contributed by atoms with Crippen molar-refractivity contribution in [1.29, 1.82) is 0 Å². The zero-order valence-corrected chi connectivity index (χ0v) is 13.4. The van der Waals surface area contributed by atoms with E-state index in [-0.39, 0.29) is 11.7 Å². The van der Waals surface area contributed by atoms with Gasteiger partial charge in [0.1, 0.15) is 6.61 Å². The second kappa shape index (κ2) is 6.87. The summed E-state index contributed by atoms with van der Waals surface area (Å²) in [6.07, 6.45) is 1.40. The molecule has 1 aliphatic rings. The van der Waals surface area contributed by atoms with E-state index in [1.54, 1.807) is 21.6 Å². The Bertz CT molecular complexity index is 803. The predicted octanol–water partition coefficient (Wildman–Crippen LogP) is 2.13. The topological polar surface area (TPSA) is 64.4 Å². The predicted molar refractivity (Wildman–Crippen MR) is 89.8 cm³/mol. The summed E-state index contributed by atoms with van der Waals surface area (Å²) in [5.41, 5.74) is 0.611. The number of para-hydroxylation sites is 1. The zero-order chi connectivity index (χ0) is 16.2. The number of fused-ring (bicyclic) bond motifs is 1. The van der Waals surface area contributed by atoms with Crippen LogP contribution in [0.1, 0.15) is 0 Å². The Morgan fingerprint density at radius 1 is 1.35 bits per heavy atom. The molecule has 0 N–H and O–H groups in total. The maximum atomic E-state index is 12.6. The first-order valence-electron chi connectivity index (χ1n) is 7.35. The molecule has 1 aromatic carbocycles. The summed E-state index contributed by atoms with van der Waals surface area (Å²) in [7, 11) is 0. The minimum Gasteiger partial charge on any atom is -0.448 e. The fraction of sp³-hybridized carbons (Fsp3) is 0.312. The fourth-order valence-corrected chi connectivity index (χ4v) is 3.39. The molecular weight excluding hydrogens is 314 g/mol. The number of carbonyl (C=O) groups is 1. The first kappa shape index (κ1) is 15.6. The van der Waals surface area contributed by atoms with Gasteiger partial charge in [0, 0.05) is 18.8 Å². The van der Waals surface area contributed by atoms with Gasteiger partial charge in [0.05, 0.1) is 17.4 Å². The van der Waals surface area contributed by atoms with Crippen molar-refractivity contribution in [3.63, 3.8) is 0 Å². The number of amides is 1. The van der Waals surface area contributed by atoms with E-state index >= 15 is 0 Å². The molecule has 0 atom stereocenters. The van der Waals surface area contributed by atoms with Crippen molar-refractivity contribution in [3.8, 4) is 0 Å². The number of nitrogens with zero attached hydrogens (tertiary/aromatic N) is 3. The number of hydrogen-bond donors (Lipinski definition) is 0. The number of hydrogen-bond acceptors (Lipinski definition) is 5. The highest BCUT2D eigenvalue weighted by molar-refractivity contribution is 7.99. The Morgan fingerprint density at radius 3 is 2.91 bits per heavy atom. The standard InChI is InChI=1S/C16H17N3O3S/c1-2-7-19-14(20)12-5-3-4-6-13(12)17-15(19)23-11-9-18-8-10-22-16(18)21/h2-6H,1,7-11H2. The van der Waals surface area contributed by atoms with Gasteiger partial charge in [-0.25, -0.2) is 9.78 Å². The summed E-state index contributed by atoms with van der Waals surface area (Å²) in [5.74, 6) is 0.650. The van der Waals surface area contributed by atoms with Crippen LogP contribution in [0, 0.1) is 0 Å². The van der Waals surface area contributed by atoms with Crippen molar-refractivity contribution >= 4 is 28.8 Å². The maximum Gasteiger partial charge on any atom is 0.409 e. The van der Waals surface area contributed by atoms with Crippen LogP contribution in [0.15, 0.2) is 46.9 Å². The van der Waals surface area contributed by atoms with Crippen molar-refractivity contribution < 1.29 is 9.53 Å². The highest BCUT2D eigenvalue weighted by Gasteiger charge is 2.21. The van der Waals surface area contributed by atoms with Crippen LogP contribution < -0.4 is 5.56 Å². The Balaban J connectivity index is 1.83. The number of cyclic esters (lactones) is 1. The van der Waals surface area contributed by atoms with Crippen molar-refractivity contribution in [1.82, 2.24) is 14.5 Å². The molecule has 0 spiro atoms. The van der Waals surface area contributed by atoms with Crippen LogP contribution in [0.2, 0.25) is 0 Å². The molecule has 6 nitrogen and oxygen atoms in total. The third-order valence-electron chi connectivity index (χ3n) is 3.58. The number of thioether (sulfide) groups is 1. The minimum atomic E-state index is -0.277. The van der Waals surface area contributed by atoms with Crippen LogP contribution >= 0.6 is 11.8 Å². The molecule has 1 aromatic heterocycles. The van der Waals surface area contributed by atoms with E-state index in [4.69, 9.17) is 4.74 Å². The number of ether oxygens (including phenoxy) is 1. The number of benzene rings is 1. The van der Waals surface area contributed by atoms with Crippen LogP contribution in [0.3, 0.4) is 0 Å². The molecule has 7 heteroatoms. The lowest BCUT2D eigenvalue weighted by Crippen LogP contribution is -2.27. The van der Waals surface area contributed by atoms with E-state index in [1.165, 1.54) is 11.8 Å². The smallest absolute Gasteiger partial charge is 0.409 e. The molecule has 0 unspecified atom stereocenters. The first-order valence-corrected chi connectivity index (χ1v) is 8.34. The van der Waals surface area contributed by atoms with E-state index in [2.05, 4.69) is 11.6 Å². The molecule has 23 heavy (non-hydrogen) atoms. The molecular formula is C16H17N3O3S. The number of aromatic nitrogens is 2. The number of carbonyl (C=O) groups excluding carboxylic acids is 1. The second-order valence-corrected chi connectivity index (χ2v) is 6.13. The molecule has 0 saturated carbocycles. The van der Waals surface area contributed by atoms with Gasteiger partial charge in [-0.15, -0.1) is 6.58 Å². The van der Waals surface area contributed by atoms with Crippen LogP contribution in [0.25, 0.3) is 10.9 Å². The first-order chi connectivity index (χ1) is 11.2. The van der Waals surface area contributed by atoms with Gasteiger partial charge in [0.2, 0.25) is 0 Å². The van der Waals surface area contributed by atoms with Gasteiger partial charge in [0.25, 0.3) is 5.56 Å². The van der Waals surface area contributed by atoms with E-state index in [0.717, 1.165) is 0 Å². The average Bonchev–Trinajstić information content (AvgIpc) is 2.96. The summed E-state index contributed by atoms with van der Waals surface area (Å²) in [6.45, 7) is 5.74. The molecule has 1 saturated heterocycles. The van der Waals surface area contributed by atoms with Gasteiger partial charge in [-0.3, -0.25) is 9.36 Å². The van der Waals surface area contributed by atoms with Crippen LogP contribution in [0.4, 0.5) is 4.79 Å². The van der Waals surface area contributed by atoms with Gasteiger partial charge in [-0.05, 0) is 12.1 Å². The summed E-state index contributed by atoms with van der Waals surface area (Å²) in [5, 5.41) is 1.24. The molecule has 2 heterocycles. The van der Waals surface area contributed by atoms with Crippen molar-refractivity contribution in [3.05, 3.63) is 47.3 Å². The maximum absolute atomic E-state index is 12.6. The Labute approximate surface area is 137 Å². The van der Waals surface area contributed by atoms with Crippen molar-refractivity contribution in [2.24, 2.45) is 0 Å². The fourth-order valence-electron chi connectivity index (χ4n) is 2.42. The summed E-state index contributed by atoms with van der Waals surface area (Å²) in [4.78, 5) is 30.3. The lowest BCUT2D eigenvalue weighted by atomic mass is 10.2. The Hall–Kier alpha value is -2.28. The van der Waals surface area contributed by atoms with Gasteiger partial charge < -0.3 is 9.64 Å². The highest BCUT2D eigenvalue weighted by atomic mass is 32.2. The monoisotopic (exact) mass is 331 g/mol. The Morgan fingerprint density at radius 2 is 2.17 bits per heavy atom. The van der Waals surface area contributed by atoms with E-state index < -0.39 is 0 Å². The largest absolute Gasteiger partial charge is 0.448 e. The van der Waals surface area contributed by atoms with Gasteiger partial charge in [-0.1, -0.05) is 30.0 Å². The summed E-state index contributed by atoms with van der Waals surface area (Å²) in [6, 6.07) is 7.30. The second-order valence-electron chi connectivity index (χ2n) is 5.07. The van der Waals surface area contributed by atoms with Gasteiger partial charge in [0.15, 0.2) is 5.16 Å². The van der Waals surface area contributed by atoms with E-state index in [1.807, 2.05) is 18.2 Å². The van der Waals surface area contributed by atoms with Crippen molar-refractivity contribution in [2.45, 2.75) is 11.7 Å². The van der Waals surface area contributed by atoms with Crippen LogP contribution in [-0.4, -0.2) is 46.0 Å². The minimum absolute atomic E-state index is 0.0708. The molecule has 3 rings (SSSR count). The molecule has 0 aliphatic carbocycles. The average molecular weight is 331 g/mol. The molecule has 0 bridgehead atoms. The Kier molecular flexibility index (Phi) is 4.66. The number of allylic oxidation sites excluding steroid dienone is 1. The molecule has 0 radical (unpaired) electrons. The summed E-state index contributed by atoms with van der Waals surface area (Å²) < 4.78 is 6.51. The third-order valence-corrected chi connectivity index (χ3v) is 4.53. The lowest BCUT2D eigenvalue weighted by molar-refractivity contribution is 0.160. The number of rotatable bonds is 6. The quantitative estimate of drug-likeness (QED) is 0.461. The van der Waals surface area contributed by atoms with Gasteiger partial charge in [-0.2, -0.15) is 0 Å². The molecule has 120 valence electrons. The molecule has 1 fully saturated rings. The van der Waals surface area contributed by atoms with Gasteiger partial charge >= 0.3 is 6.09 Å². The SMILES string of the molecule is C=CCn1c(SCCN2CCOC2=O)nc2ccccc2c1=O. The zero-order valence-electron chi connectivity index (χ0n) is 12.6. The van der Waals surface area contributed by atoms with E-state index in [0.29, 0.717) is 48.1 Å². The molecule has 1 aliphatic heterocycles. The normalized spacial score (nSPS) is 14.3. The summed E-state index contributed by atoms with van der Waals surface area (Å²) >= 11 is 1.46. The van der Waals surface area contributed by atoms with Crippen molar-refractivity contribution in [2.75, 3.05) is 25.4 Å². The molecule has 1 amide bonds. The van der Waals surface area contributed by atoms with Crippen LogP contribution in [-0.2, 0) is 11.3 Å². The highest BCUT2D eigenvalue weighted by Crippen LogP contribution is 2.18. The third kappa shape index (κ3) is 3.24. The van der Waals surface area contributed by atoms with Crippen LogP contribution in [0.5, 0.6) is 0 Å².